The summed E-state index contributed by atoms with van der Waals surface area (Å²) in [7, 11) is -4.04. The molecule has 39 heavy (non-hydrogen) atoms. The van der Waals surface area contributed by atoms with Crippen LogP contribution in [0.2, 0.25) is 10.0 Å². The second kappa shape index (κ2) is 13.0. The van der Waals surface area contributed by atoms with E-state index in [2.05, 4.69) is 5.32 Å². The Morgan fingerprint density at radius 2 is 1.77 bits per heavy atom. The van der Waals surface area contributed by atoms with E-state index in [1.807, 2.05) is 0 Å². The summed E-state index contributed by atoms with van der Waals surface area (Å²) in [5.74, 6) is -1.02. The van der Waals surface area contributed by atoms with Crippen LogP contribution in [0.4, 0.5) is 11.4 Å². The molecule has 1 saturated carbocycles. The number of sulfonamides is 1. The number of rotatable bonds is 10. The van der Waals surface area contributed by atoms with Crippen molar-refractivity contribution in [2.24, 2.45) is 0 Å². The van der Waals surface area contributed by atoms with Crippen LogP contribution in [0.25, 0.3) is 0 Å². The SMILES string of the molecule is Cc1ccc([N+](=O)[O-])cc1N(CC(=O)N(Cc1ccc(Cl)c(Cl)c1)C(C)C(=O)NC1CCCCC1)S(C)(=O)=O. The summed E-state index contributed by atoms with van der Waals surface area (Å²) in [6, 6.07) is 7.68. The quantitative estimate of drug-likeness (QED) is 0.307. The van der Waals surface area contributed by atoms with E-state index in [1.54, 1.807) is 32.0 Å². The van der Waals surface area contributed by atoms with Crippen LogP contribution in [-0.4, -0.2) is 54.9 Å². The molecular formula is C26H32Cl2N4O6S. The van der Waals surface area contributed by atoms with Gasteiger partial charge in [-0.2, -0.15) is 0 Å². The van der Waals surface area contributed by atoms with Gasteiger partial charge in [-0.1, -0.05) is 54.6 Å². The number of nitrogens with zero attached hydrogens (tertiary/aromatic N) is 3. The third-order valence-electron chi connectivity index (χ3n) is 6.81. The highest BCUT2D eigenvalue weighted by molar-refractivity contribution is 7.92. The van der Waals surface area contributed by atoms with Gasteiger partial charge >= 0.3 is 0 Å². The van der Waals surface area contributed by atoms with Gasteiger partial charge in [0.1, 0.15) is 12.6 Å². The molecule has 212 valence electrons. The average Bonchev–Trinajstić information content (AvgIpc) is 2.87. The Labute approximate surface area is 238 Å². The Bertz CT molecular complexity index is 1350. The van der Waals surface area contributed by atoms with Crippen molar-refractivity contribution in [1.29, 1.82) is 0 Å². The molecule has 1 fully saturated rings. The molecule has 13 heteroatoms. The lowest BCUT2D eigenvalue weighted by Gasteiger charge is -2.33. The highest BCUT2D eigenvalue weighted by Gasteiger charge is 2.32. The molecule has 2 aromatic rings. The largest absolute Gasteiger partial charge is 0.352 e. The molecule has 0 aromatic heterocycles. The van der Waals surface area contributed by atoms with Crippen LogP contribution < -0.4 is 9.62 Å². The predicted octanol–water partition coefficient (Wildman–Crippen LogP) is 4.84. The zero-order valence-corrected chi connectivity index (χ0v) is 24.4. The van der Waals surface area contributed by atoms with E-state index in [0.717, 1.165) is 48.7 Å². The second-order valence-electron chi connectivity index (χ2n) is 9.79. The Morgan fingerprint density at radius 1 is 1.10 bits per heavy atom. The van der Waals surface area contributed by atoms with E-state index >= 15 is 0 Å². The maximum absolute atomic E-state index is 13.7. The van der Waals surface area contributed by atoms with Gasteiger partial charge in [0.05, 0.1) is 26.9 Å². The van der Waals surface area contributed by atoms with Crippen molar-refractivity contribution in [2.45, 2.75) is 64.6 Å². The molecule has 1 N–H and O–H groups in total. The number of amides is 2. The second-order valence-corrected chi connectivity index (χ2v) is 12.5. The minimum Gasteiger partial charge on any atom is -0.352 e. The number of hydrogen-bond acceptors (Lipinski definition) is 6. The van der Waals surface area contributed by atoms with E-state index in [9.17, 15) is 28.1 Å². The van der Waals surface area contributed by atoms with Gasteiger partial charge in [0, 0.05) is 24.7 Å². The Balaban J connectivity index is 1.95. The van der Waals surface area contributed by atoms with Gasteiger partial charge in [-0.3, -0.25) is 24.0 Å². The lowest BCUT2D eigenvalue weighted by molar-refractivity contribution is -0.384. The van der Waals surface area contributed by atoms with Gasteiger partial charge < -0.3 is 10.2 Å². The van der Waals surface area contributed by atoms with Crippen molar-refractivity contribution < 1.29 is 22.9 Å². The van der Waals surface area contributed by atoms with Crippen molar-refractivity contribution in [3.8, 4) is 0 Å². The molecule has 0 saturated heterocycles. The first kappa shape index (κ1) is 30.6. The zero-order chi connectivity index (χ0) is 28.9. The van der Waals surface area contributed by atoms with Crippen LogP contribution in [0.15, 0.2) is 36.4 Å². The fourth-order valence-electron chi connectivity index (χ4n) is 4.56. The molecular weight excluding hydrogens is 567 g/mol. The van der Waals surface area contributed by atoms with E-state index in [0.29, 0.717) is 16.1 Å². The zero-order valence-electron chi connectivity index (χ0n) is 22.0. The summed E-state index contributed by atoms with van der Waals surface area (Å²) in [6.07, 6.45) is 5.76. The predicted molar refractivity (Wildman–Crippen MR) is 152 cm³/mol. The first-order chi connectivity index (χ1) is 18.3. The number of nitrogens with one attached hydrogen (secondary N) is 1. The molecule has 1 atom stereocenters. The maximum atomic E-state index is 13.7. The summed E-state index contributed by atoms with van der Waals surface area (Å²) < 4.78 is 26.4. The summed E-state index contributed by atoms with van der Waals surface area (Å²) >= 11 is 12.2. The fourth-order valence-corrected chi connectivity index (χ4v) is 5.78. The van der Waals surface area contributed by atoms with Gasteiger partial charge in [0.25, 0.3) is 5.69 Å². The molecule has 10 nitrogen and oxygen atoms in total. The van der Waals surface area contributed by atoms with E-state index in [1.165, 1.54) is 17.0 Å². The number of anilines is 1. The number of halogens is 2. The highest BCUT2D eigenvalue weighted by atomic mass is 35.5. The van der Waals surface area contributed by atoms with Crippen LogP contribution >= 0.6 is 23.2 Å². The first-order valence-corrected chi connectivity index (χ1v) is 15.1. The van der Waals surface area contributed by atoms with Crippen molar-refractivity contribution in [2.75, 3.05) is 17.1 Å². The molecule has 0 bridgehead atoms. The van der Waals surface area contributed by atoms with Crippen LogP contribution in [0.5, 0.6) is 0 Å². The molecule has 0 aliphatic heterocycles. The summed E-state index contributed by atoms with van der Waals surface area (Å²) in [4.78, 5) is 39.0. The third kappa shape index (κ3) is 8.06. The number of nitro groups is 1. The lowest BCUT2D eigenvalue weighted by Crippen LogP contribution is -2.53. The Morgan fingerprint density at radius 3 is 2.36 bits per heavy atom. The van der Waals surface area contributed by atoms with Gasteiger partial charge in [-0.25, -0.2) is 8.42 Å². The first-order valence-electron chi connectivity index (χ1n) is 12.5. The summed E-state index contributed by atoms with van der Waals surface area (Å²) in [5.41, 5.74) is 0.712. The standard InChI is InChI=1S/C26H32Cl2N4O6S/c1-17-9-11-21(32(35)36)14-24(17)31(39(3,37)38)16-25(33)30(15-19-10-12-22(27)23(28)13-19)18(2)26(34)29-20-7-5-4-6-8-20/h9-14,18,20H,4-8,15-16H2,1-3H3,(H,29,34). The number of non-ortho nitro benzene ring substituents is 1. The van der Waals surface area contributed by atoms with Crippen molar-refractivity contribution in [3.05, 3.63) is 67.7 Å². The normalized spacial score (nSPS) is 14.9. The molecule has 0 heterocycles. The van der Waals surface area contributed by atoms with Gasteiger partial charge in [0.15, 0.2) is 0 Å². The average molecular weight is 600 g/mol. The van der Waals surface area contributed by atoms with Gasteiger partial charge in [-0.15, -0.1) is 0 Å². The molecule has 1 aliphatic rings. The summed E-state index contributed by atoms with van der Waals surface area (Å²) in [6.45, 7) is 2.47. The highest BCUT2D eigenvalue weighted by Crippen LogP contribution is 2.28. The van der Waals surface area contributed by atoms with Crippen LogP contribution in [-0.2, 0) is 26.2 Å². The number of hydrogen-bond donors (Lipinski definition) is 1. The van der Waals surface area contributed by atoms with Crippen LogP contribution in [0, 0.1) is 17.0 Å². The molecule has 3 rings (SSSR count). The molecule has 2 amide bonds. The van der Waals surface area contributed by atoms with E-state index in [4.69, 9.17) is 23.2 Å². The number of carbonyl (C=O) groups is 2. The Hall–Kier alpha value is -2.89. The number of benzene rings is 2. The molecule has 1 aliphatic carbocycles. The summed E-state index contributed by atoms with van der Waals surface area (Å²) in [5, 5.41) is 15.0. The third-order valence-corrected chi connectivity index (χ3v) is 8.67. The molecule has 0 radical (unpaired) electrons. The number of nitro benzene ring substituents is 1. The number of aryl methyl sites for hydroxylation is 1. The van der Waals surface area contributed by atoms with Crippen LogP contribution in [0.3, 0.4) is 0 Å². The molecule has 1 unspecified atom stereocenters. The van der Waals surface area contributed by atoms with E-state index < -0.39 is 33.4 Å². The fraction of sp³-hybridized carbons (Fsp3) is 0.462. The smallest absolute Gasteiger partial charge is 0.271 e. The van der Waals surface area contributed by atoms with Crippen molar-refractivity contribution in [1.82, 2.24) is 10.2 Å². The monoisotopic (exact) mass is 598 g/mol. The van der Waals surface area contributed by atoms with Gasteiger partial charge in [-0.05, 0) is 49.9 Å². The van der Waals surface area contributed by atoms with Crippen LogP contribution in [0.1, 0.15) is 50.2 Å². The van der Waals surface area contributed by atoms with E-state index in [-0.39, 0.29) is 34.9 Å². The van der Waals surface area contributed by atoms with Gasteiger partial charge in [0.2, 0.25) is 21.8 Å². The lowest BCUT2D eigenvalue weighted by atomic mass is 9.95. The topological polar surface area (TPSA) is 130 Å². The minimum absolute atomic E-state index is 0.00819. The molecule has 2 aromatic carbocycles. The Kier molecular flexibility index (Phi) is 10.2. The number of carbonyl (C=O) groups excluding carboxylic acids is 2. The molecule has 0 spiro atoms. The van der Waals surface area contributed by atoms with Crippen molar-refractivity contribution >= 4 is 56.4 Å². The maximum Gasteiger partial charge on any atom is 0.271 e. The van der Waals surface area contributed by atoms with Crippen molar-refractivity contribution in [3.63, 3.8) is 0 Å². The minimum atomic E-state index is -4.04.